The summed E-state index contributed by atoms with van der Waals surface area (Å²) in [6, 6.07) is -14.3. The second-order valence-electron chi connectivity index (χ2n) is 16.8. The number of guanidine groups is 2. The molecule has 0 aliphatic rings. The summed E-state index contributed by atoms with van der Waals surface area (Å²) in [5.74, 6) is -14.5. The third-order valence-corrected chi connectivity index (χ3v) is 10.2. The summed E-state index contributed by atoms with van der Waals surface area (Å²) in [5, 5.41) is 69.6. The van der Waals surface area contributed by atoms with Crippen LogP contribution in [0.2, 0.25) is 0 Å². The van der Waals surface area contributed by atoms with Crippen molar-refractivity contribution in [1.29, 1.82) is 0 Å². The fraction of sp³-hybridized carbons (Fsp3) is 0.659. The molecular formula is C41H72N16O17. The van der Waals surface area contributed by atoms with Gasteiger partial charge in [0.25, 0.3) is 0 Å². The molecule has 0 aromatic heterocycles. The van der Waals surface area contributed by atoms with Gasteiger partial charge in [-0.15, -0.1) is 0 Å². The molecule has 0 aromatic carbocycles. The molecule has 0 bridgehead atoms. The molecule has 0 saturated heterocycles. The molecule has 0 heterocycles. The number of hydrogen-bond acceptors (Lipinski definition) is 17. The Morgan fingerprint density at radius 2 is 0.797 bits per heavy atom. The molecule has 0 fully saturated rings. The standard InChI is InChI=1S/C41H72N16O17/c1-17(42)31(65)49-16-26(60)50-18(2)33(67)56-29(20(4)58)37(71)51-19(3)32(66)52-23(10-12-27(61)62)35(69)53-24(11-13-28(63)64)36(70)57-30(21(5)59)38(72)54-22(8-6-14-47-40(43)44)34(68)55-25(39(73)74)9-7-15-48-41(45)46/h17-25,29-30,58-59H,6-16,42H2,1-5H3,(H,49,65)(H,50,60)(H,51,71)(H,52,66)(H,53,69)(H,54,72)(H,55,68)(H,56,67)(H,57,70)(H,61,62)(H,63,64)(H,73,74)(H4,43,44,47)(H4,45,46,48)/t17-,18-,19-,20+,21+,22-,23-,24-,25-,29-,30-/m0/s1. The molecule has 9 amide bonds. The van der Waals surface area contributed by atoms with Crippen LogP contribution in [0.25, 0.3) is 0 Å². The van der Waals surface area contributed by atoms with Crippen LogP contribution in [0.5, 0.6) is 0 Å². The summed E-state index contributed by atoms with van der Waals surface area (Å²) < 4.78 is 0. The van der Waals surface area contributed by atoms with Gasteiger partial charge >= 0.3 is 17.9 Å². The van der Waals surface area contributed by atoms with Gasteiger partial charge in [-0.2, -0.15) is 0 Å². The summed E-state index contributed by atoms with van der Waals surface area (Å²) in [4.78, 5) is 161. The van der Waals surface area contributed by atoms with Crippen LogP contribution >= 0.6 is 0 Å². The van der Waals surface area contributed by atoms with Gasteiger partial charge in [0.05, 0.1) is 24.8 Å². The Kier molecular flexibility index (Phi) is 30.0. The summed E-state index contributed by atoms with van der Waals surface area (Å²) in [7, 11) is 0. The van der Waals surface area contributed by atoms with Crippen LogP contribution in [0.1, 0.15) is 86.0 Å². The van der Waals surface area contributed by atoms with E-state index in [-0.39, 0.29) is 50.7 Å². The minimum atomic E-state index is -1.95. The summed E-state index contributed by atoms with van der Waals surface area (Å²) >= 11 is 0. The van der Waals surface area contributed by atoms with Crippen molar-refractivity contribution in [3.63, 3.8) is 0 Å². The van der Waals surface area contributed by atoms with Crippen molar-refractivity contribution in [3.8, 4) is 0 Å². The largest absolute Gasteiger partial charge is 0.481 e. The van der Waals surface area contributed by atoms with Gasteiger partial charge in [0.15, 0.2) is 11.9 Å². The van der Waals surface area contributed by atoms with Gasteiger partial charge in [-0.3, -0.25) is 62.7 Å². The number of aliphatic hydroxyl groups excluding tert-OH is 2. The number of carboxylic acids is 3. The van der Waals surface area contributed by atoms with E-state index in [9.17, 15) is 83.1 Å². The van der Waals surface area contributed by atoms with E-state index in [0.29, 0.717) is 0 Å². The zero-order valence-corrected chi connectivity index (χ0v) is 41.5. The van der Waals surface area contributed by atoms with Crippen LogP contribution < -0.4 is 76.5 Å². The first-order chi connectivity index (χ1) is 34.4. The fourth-order valence-corrected chi connectivity index (χ4v) is 6.11. The van der Waals surface area contributed by atoms with Gasteiger partial charge in [-0.1, -0.05) is 0 Å². The van der Waals surface area contributed by atoms with Crippen LogP contribution in [0.15, 0.2) is 9.98 Å². The molecule has 0 radical (unpaired) electrons. The average Bonchev–Trinajstić information content (AvgIpc) is 3.29. The predicted molar refractivity (Wildman–Crippen MR) is 258 cm³/mol. The maximum absolute atomic E-state index is 13.8. The van der Waals surface area contributed by atoms with E-state index in [1.807, 2.05) is 0 Å². The number of nitrogens with two attached hydrogens (primary N) is 5. The Morgan fingerprint density at radius 1 is 0.446 bits per heavy atom. The second-order valence-corrected chi connectivity index (χ2v) is 16.8. The molecule has 0 aromatic rings. The molecule has 0 saturated carbocycles. The van der Waals surface area contributed by atoms with Crippen LogP contribution in [0.4, 0.5) is 0 Å². The number of rotatable bonds is 35. The number of carbonyl (C=O) groups excluding carboxylic acids is 9. The maximum atomic E-state index is 13.8. The Labute approximate surface area is 424 Å². The summed E-state index contributed by atoms with van der Waals surface area (Å²) in [5.41, 5.74) is 26.7. The summed E-state index contributed by atoms with van der Waals surface area (Å²) in [6.07, 6.45) is -6.54. The Balaban J connectivity index is 6.38. The lowest BCUT2D eigenvalue weighted by atomic mass is 10.0. The van der Waals surface area contributed by atoms with Crippen LogP contribution in [0, 0.1) is 0 Å². The first-order valence-corrected chi connectivity index (χ1v) is 23.0. The molecule has 418 valence electrons. The predicted octanol–water partition coefficient (Wildman–Crippen LogP) is -8.95. The molecule has 0 spiro atoms. The lowest BCUT2D eigenvalue weighted by Gasteiger charge is -2.28. The van der Waals surface area contributed by atoms with Crippen molar-refractivity contribution in [1.82, 2.24) is 47.9 Å². The number of carbonyl (C=O) groups is 12. The monoisotopic (exact) mass is 1060 g/mol. The van der Waals surface area contributed by atoms with E-state index < -0.39 is 170 Å². The lowest BCUT2D eigenvalue weighted by Crippen LogP contribution is -2.62. The minimum Gasteiger partial charge on any atom is -0.481 e. The number of amides is 9. The zero-order valence-electron chi connectivity index (χ0n) is 41.5. The number of carboxylic acid groups (broad SMARTS) is 3. The number of aliphatic carboxylic acids is 3. The molecule has 11 atom stereocenters. The van der Waals surface area contributed by atoms with Gasteiger partial charge in [-0.05, 0) is 73.1 Å². The Morgan fingerprint density at radius 3 is 1.22 bits per heavy atom. The highest BCUT2D eigenvalue weighted by Crippen LogP contribution is 2.09. The van der Waals surface area contributed by atoms with Gasteiger partial charge in [-0.25, -0.2) is 4.79 Å². The van der Waals surface area contributed by atoms with Crippen LogP contribution in [-0.4, -0.2) is 195 Å². The van der Waals surface area contributed by atoms with Crippen molar-refractivity contribution in [2.24, 2.45) is 38.7 Å². The SMILES string of the molecule is C[C@H](N)C(=O)NCC(=O)N[C@@H](C)C(=O)N[C@H](C(=O)N[C@@H](C)C(=O)N[C@@H](CCC(=O)O)C(=O)N[C@@H](CCC(=O)O)C(=O)N[C@H](C(=O)N[C@@H](CCCN=C(N)N)C(=O)N[C@@H](CCCN=C(N)N)C(=O)O)[C@@H](C)O)[C@@H](C)O. The van der Waals surface area contributed by atoms with E-state index >= 15 is 0 Å². The molecule has 33 heteroatoms. The molecule has 0 aliphatic heterocycles. The van der Waals surface area contributed by atoms with Gasteiger partial charge < -0.3 is 102 Å². The summed E-state index contributed by atoms with van der Waals surface area (Å²) in [6.45, 7) is 5.26. The smallest absolute Gasteiger partial charge is 0.326 e. The van der Waals surface area contributed by atoms with E-state index in [1.165, 1.54) is 13.8 Å². The highest BCUT2D eigenvalue weighted by Gasteiger charge is 2.36. The van der Waals surface area contributed by atoms with E-state index in [1.54, 1.807) is 0 Å². The van der Waals surface area contributed by atoms with Crippen molar-refractivity contribution >= 4 is 83.0 Å². The topological polar surface area (TPSA) is 569 Å². The first-order valence-electron chi connectivity index (χ1n) is 23.0. The first kappa shape index (κ1) is 66.1. The lowest BCUT2D eigenvalue weighted by molar-refractivity contribution is -0.143. The quantitative estimate of drug-likeness (QED) is 0.0159. The average molecular weight is 1060 g/mol. The minimum absolute atomic E-state index is 0.0183. The normalized spacial score (nSPS) is 15.2. The number of aliphatic hydroxyl groups is 2. The molecule has 74 heavy (non-hydrogen) atoms. The maximum Gasteiger partial charge on any atom is 0.326 e. The fourth-order valence-electron chi connectivity index (χ4n) is 6.11. The van der Waals surface area contributed by atoms with Crippen LogP contribution in [-0.2, 0) is 57.5 Å². The van der Waals surface area contributed by atoms with Gasteiger partial charge in [0.1, 0.15) is 48.3 Å². The van der Waals surface area contributed by atoms with E-state index in [2.05, 4.69) is 57.8 Å². The van der Waals surface area contributed by atoms with Crippen molar-refractivity contribution in [3.05, 3.63) is 0 Å². The third-order valence-electron chi connectivity index (χ3n) is 10.2. The van der Waals surface area contributed by atoms with Gasteiger partial charge in [0.2, 0.25) is 53.2 Å². The van der Waals surface area contributed by atoms with E-state index in [4.69, 9.17) is 28.7 Å². The highest BCUT2D eigenvalue weighted by atomic mass is 16.4. The number of nitrogens with one attached hydrogen (secondary N) is 9. The van der Waals surface area contributed by atoms with E-state index in [0.717, 1.165) is 20.8 Å². The van der Waals surface area contributed by atoms with Crippen molar-refractivity contribution in [2.45, 2.75) is 153 Å². The molecule has 33 nitrogen and oxygen atoms in total. The Bertz CT molecular complexity index is 2050. The number of hydrogen-bond donors (Lipinski definition) is 19. The zero-order chi connectivity index (χ0) is 57.0. The van der Waals surface area contributed by atoms with Crippen molar-refractivity contribution < 1.29 is 83.1 Å². The second kappa shape index (κ2) is 33.7. The molecular weight excluding hydrogens is 989 g/mol. The molecule has 24 N–H and O–H groups in total. The van der Waals surface area contributed by atoms with Crippen molar-refractivity contribution in [2.75, 3.05) is 19.6 Å². The van der Waals surface area contributed by atoms with Crippen LogP contribution in [0.3, 0.4) is 0 Å². The Hall–Kier alpha value is -7.94. The number of nitrogens with zero attached hydrogens (tertiary/aromatic N) is 2. The molecule has 0 unspecified atom stereocenters. The van der Waals surface area contributed by atoms with Gasteiger partial charge in [0, 0.05) is 25.9 Å². The third kappa shape index (κ3) is 27.0. The highest BCUT2D eigenvalue weighted by molar-refractivity contribution is 5.98. The molecule has 0 rings (SSSR count). The molecule has 0 aliphatic carbocycles. The number of aliphatic imine (C=N–C) groups is 2.